The molecule has 0 spiro atoms. The van der Waals surface area contributed by atoms with Gasteiger partial charge in [-0.3, -0.25) is 9.59 Å². The van der Waals surface area contributed by atoms with Crippen molar-refractivity contribution >= 4 is 22.6 Å². The highest BCUT2D eigenvalue weighted by atomic mass is 16.5. The van der Waals surface area contributed by atoms with Crippen LogP contribution in [-0.4, -0.2) is 67.6 Å². The predicted molar refractivity (Wildman–Crippen MR) is 133 cm³/mol. The molecule has 4 rings (SSSR count). The molecule has 2 amide bonds. The summed E-state index contributed by atoms with van der Waals surface area (Å²) in [6, 6.07) is 20.9. The van der Waals surface area contributed by atoms with Crippen LogP contribution in [0.3, 0.4) is 0 Å². The number of carbonyl (C=O) groups excluding carboxylic acids is 2. The van der Waals surface area contributed by atoms with Gasteiger partial charge in [0.25, 0.3) is 11.8 Å². The summed E-state index contributed by atoms with van der Waals surface area (Å²) in [5.74, 6) is 0.978. The first kappa shape index (κ1) is 23.8. The lowest BCUT2D eigenvalue weighted by molar-refractivity contribution is -0.0339. The van der Waals surface area contributed by atoms with Crippen LogP contribution in [0.5, 0.6) is 5.75 Å². The topological polar surface area (TPSA) is 59.1 Å². The zero-order valence-electron chi connectivity index (χ0n) is 20.1. The minimum Gasteiger partial charge on any atom is -0.497 e. The summed E-state index contributed by atoms with van der Waals surface area (Å²) in [4.78, 5) is 30.4. The number of hydrogen-bond donors (Lipinski definition) is 0. The summed E-state index contributed by atoms with van der Waals surface area (Å²) in [7, 11) is 1.60. The van der Waals surface area contributed by atoms with E-state index >= 15 is 0 Å². The van der Waals surface area contributed by atoms with Crippen molar-refractivity contribution in [2.24, 2.45) is 5.92 Å². The number of benzene rings is 3. The van der Waals surface area contributed by atoms with Gasteiger partial charge in [-0.1, -0.05) is 50.2 Å². The van der Waals surface area contributed by atoms with E-state index in [1.807, 2.05) is 52.3 Å². The second-order valence-electron chi connectivity index (χ2n) is 9.10. The zero-order valence-corrected chi connectivity index (χ0v) is 20.1. The van der Waals surface area contributed by atoms with Gasteiger partial charge in [0, 0.05) is 37.3 Å². The maximum atomic E-state index is 13.6. The van der Waals surface area contributed by atoms with Gasteiger partial charge >= 0.3 is 0 Å². The maximum Gasteiger partial charge on any atom is 0.254 e. The lowest BCUT2D eigenvalue weighted by Crippen LogP contribution is -2.51. The lowest BCUT2D eigenvalue weighted by Gasteiger charge is -2.36. The van der Waals surface area contributed by atoms with Crippen molar-refractivity contribution in [2.75, 3.05) is 39.9 Å². The highest BCUT2D eigenvalue weighted by molar-refractivity contribution is 6.07. The Balaban J connectivity index is 1.50. The van der Waals surface area contributed by atoms with Crippen molar-refractivity contribution in [3.63, 3.8) is 0 Å². The first-order chi connectivity index (χ1) is 16.5. The molecule has 1 aliphatic rings. The normalized spacial score (nSPS) is 16.0. The minimum atomic E-state index is -0.242. The molecular formula is C28H32N2O4. The molecule has 178 valence electrons. The molecule has 3 aromatic rings. The number of rotatable bonds is 7. The zero-order chi connectivity index (χ0) is 24.1. The molecule has 0 aromatic heterocycles. The van der Waals surface area contributed by atoms with E-state index < -0.39 is 0 Å². The quantitative estimate of drug-likeness (QED) is 0.521. The van der Waals surface area contributed by atoms with E-state index in [9.17, 15) is 9.59 Å². The van der Waals surface area contributed by atoms with Gasteiger partial charge in [0.05, 0.1) is 19.8 Å². The van der Waals surface area contributed by atoms with Gasteiger partial charge in [-0.15, -0.1) is 0 Å². The number of ether oxygens (including phenoxy) is 2. The SMILES string of the molecule is COc1ccc(C(=O)N2CCOC(CN(CC(C)C)C(=O)c3cccc4ccccc34)C2)cc1. The van der Waals surface area contributed by atoms with E-state index in [0.29, 0.717) is 55.6 Å². The molecule has 6 nitrogen and oxygen atoms in total. The fourth-order valence-electron chi connectivity index (χ4n) is 4.44. The fraction of sp³-hybridized carbons (Fsp3) is 0.357. The molecule has 1 atom stereocenters. The molecule has 0 saturated carbocycles. The Morgan fingerprint density at radius 3 is 2.53 bits per heavy atom. The number of morpholine rings is 1. The van der Waals surface area contributed by atoms with Gasteiger partial charge in [0.1, 0.15) is 5.75 Å². The minimum absolute atomic E-state index is 0.00676. The van der Waals surface area contributed by atoms with E-state index in [1.54, 1.807) is 31.4 Å². The summed E-state index contributed by atoms with van der Waals surface area (Å²) in [5, 5.41) is 1.99. The third-order valence-electron chi connectivity index (χ3n) is 6.08. The molecule has 3 aromatic carbocycles. The van der Waals surface area contributed by atoms with Gasteiger partial charge in [-0.05, 0) is 47.0 Å². The molecule has 6 heteroatoms. The van der Waals surface area contributed by atoms with Crippen molar-refractivity contribution in [3.8, 4) is 5.75 Å². The Hall–Kier alpha value is -3.38. The smallest absolute Gasteiger partial charge is 0.254 e. The summed E-state index contributed by atoms with van der Waals surface area (Å²) in [6.07, 6.45) is -0.242. The monoisotopic (exact) mass is 460 g/mol. The maximum absolute atomic E-state index is 13.6. The van der Waals surface area contributed by atoms with Crippen LogP contribution in [0.2, 0.25) is 0 Å². The van der Waals surface area contributed by atoms with Gasteiger partial charge < -0.3 is 19.3 Å². The van der Waals surface area contributed by atoms with Crippen molar-refractivity contribution in [2.45, 2.75) is 20.0 Å². The van der Waals surface area contributed by atoms with Crippen molar-refractivity contribution in [3.05, 3.63) is 77.9 Å². The molecule has 1 saturated heterocycles. The Kier molecular flexibility index (Phi) is 7.48. The van der Waals surface area contributed by atoms with Crippen LogP contribution in [-0.2, 0) is 4.74 Å². The molecule has 0 aliphatic carbocycles. The molecule has 1 aliphatic heterocycles. The largest absolute Gasteiger partial charge is 0.497 e. The summed E-state index contributed by atoms with van der Waals surface area (Å²) in [5.41, 5.74) is 1.31. The van der Waals surface area contributed by atoms with Crippen LogP contribution in [0, 0.1) is 5.92 Å². The highest BCUT2D eigenvalue weighted by Crippen LogP contribution is 2.22. The summed E-state index contributed by atoms with van der Waals surface area (Å²) >= 11 is 0. The number of amides is 2. The van der Waals surface area contributed by atoms with E-state index in [-0.39, 0.29) is 17.9 Å². The molecule has 0 radical (unpaired) electrons. The Morgan fingerprint density at radius 1 is 1.06 bits per heavy atom. The Bertz CT molecular complexity index is 1140. The molecule has 1 fully saturated rings. The Labute approximate surface area is 201 Å². The standard InChI is InChI=1S/C28H32N2O4/c1-20(2)17-30(28(32)26-10-6-8-21-7-4-5-9-25(21)26)19-24-18-29(15-16-34-24)27(31)22-11-13-23(33-3)14-12-22/h4-14,20,24H,15-19H2,1-3H3. The van der Waals surface area contributed by atoms with Crippen LogP contribution in [0.4, 0.5) is 0 Å². The van der Waals surface area contributed by atoms with Crippen LogP contribution in [0.1, 0.15) is 34.6 Å². The first-order valence-corrected chi connectivity index (χ1v) is 11.8. The third kappa shape index (κ3) is 5.39. The fourth-order valence-corrected chi connectivity index (χ4v) is 4.44. The van der Waals surface area contributed by atoms with Crippen LogP contribution in [0.25, 0.3) is 10.8 Å². The summed E-state index contributed by atoms with van der Waals surface area (Å²) < 4.78 is 11.2. The van der Waals surface area contributed by atoms with Gasteiger partial charge in [-0.2, -0.15) is 0 Å². The molecule has 34 heavy (non-hydrogen) atoms. The van der Waals surface area contributed by atoms with Gasteiger partial charge in [-0.25, -0.2) is 0 Å². The van der Waals surface area contributed by atoms with Gasteiger partial charge in [0.15, 0.2) is 0 Å². The predicted octanol–water partition coefficient (Wildman–Crippen LogP) is 4.49. The molecule has 0 bridgehead atoms. The highest BCUT2D eigenvalue weighted by Gasteiger charge is 2.29. The van der Waals surface area contributed by atoms with E-state index in [4.69, 9.17) is 9.47 Å². The first-order valence-electron chi connectivity index (χ1n) is 11.8. The summed E-state index contributed by atoms with van der Waals surface area (Å²) in [6.45, 7) is 6.69. The van der Waals surface area contributed by atoms with E-state index in [2.05, 4.69) is 13.8 Å². The average Bonchev–Trinajstić information content (AvgIpc) is 2.87. The number of carbonyl (C=O) groups is 2. The number of hydrogen-bond acceptors (Lipinski definition) is 4. The molecule has 0 N–H and O–H groups in total. The second-order valence-corrected chi connectivity index (χ2v) is 9.10. The van der Waals surface area contributed by atoms with E-state index in [1.165, 1.54) is 0 Å². The van der Waals surface area contributed by atoms with Gasteiger partial charge in [0.2, 0.25) is 0 Å². The second kappa shape index (κ2) is 10.7. The molecular weight excluding hydrogens is 428 g/mol. The van der Waals surface area contributed by atoms with Crippen LogP contribution < -0.4 is 4.74 Å². The van der Waals surface area contributed by atoms with Crippen molar-refractivity contribution < 1.29 is 19.1 Å². The molecule has 1 unspecified atom stereocenters. The molecule has 1 heterocycles. The van der Waals surface area contributed by atoms with Crippen LogP contribution in [0.15, 0.2) is 66.7 Å². The number of methoxy groups -OCH3 is 1. The van der Waals surface area contributed by atoms with E-state index in [0.717, 1.165) is 10.8 Å². The van der Waals surface area contributed by atoms with Crippen molar-refractivity contribution in [1.82, 2.24) is 9.80 Å². The number of nitrogens with zero attached hydrogens (tertiary/aromatic N) is 2. The van der Waals surface area contributed by atoms with Crippen LogP contribution >= 0.6 is 0 Å². The lowest BCUT2D eigenvalue weighted by atomic mass is 10.0. The third-order valence-corrected chi connectivity index (χ3v) is 6.08. The Morgan fingerprint density at radius 2 is 1.79 bits per heavy atom. The van der Waals surface area contributed by atoms with Crippen molar-refractivity contribution in [1.29, 1.82) is 0 Å². The number of fused-ring (bicyclic) bond motifs is 1. The average molecular weight is 461 g/mol.